The summed E-state index contributed by atoms with van der Waals surface area (Å²) < 4.78 is 6.74. The average Bonchev–Trinajstić information content (AvgIpc) is 1.67. The van der Waals surface area contributed by atoms with Crippen LogP contribution in [0.1, 0.15) is 7.79 Å². The highest BCUT2D eigenvalue weighted by molar-refractivity contribution is 9.09. The molecule has 0 aliphatic rings. The van der Waals surface area contributed by atoms with Gasteiger partial charge in [-0.3, -0.25) is 4.79 Å². The molecule has 0 saturated heterocycles. The smallest absolute Gasteiger partial charge is 0.145 e. The minimum absolute atomic E-state index is 0.0689. The summed E-state index contributed by atoms with van der Waals surface area (Å²) in [7, 11) is 0. The number of carbonyl (C=O) groups excluding carboxylic acids is 1. The molecule has 0 heterocycles. The molecule has 0 aromatic heterocycles. The van der Waals surface area contributed by atoms with Crippen molar-refractivity contribution < 1.29 is 11.3 Å². The van der Waals surface area contributed by atoms with E-state index in [0.29, 0.717) is 0 Å². The number of Topliss-reactive ketones (excluding diaryl/α,β-unsaturated/α-hetero) is 1. The molecule has 3 heteroatoms. The second kappa shape index (κ2) is 4.27. The first kappa shape index (κ1) is 5.25. The zero-order valence-corrected chi connectivity index (χ0v) is 5.31. The van der Waals surface area contributed by atoms with Gasteiger partial charge in [-0.15, -0.1) is 0 Å². The largest absolute Gasteiger partial charge is 0.396 e. The maximum absolute atomic E-state index is 10.3. The van der Waals surface area contributed by atoms with Gasteiger partial charge in [0.2, 0.25) is 0 Å². The summed E-state index contributed by atoms with van der Waals surface area (Å²) in [4.78, 5) is 10.3. The third-order valence-electron chi connectivity index (χ3n) is 0.480. The summed E-state index contributed by atoms with van der Waals surface area (Å²) in [6.07, 6.45) is 0.0689. The first-order valence-electron chi connectivity index (χ1n) is 2.46. The summed E-state index contributed by atoms with van der Waals surface area (Å²) in [6.45, 7) is -0.167. The molecule has 42 valence electrons. The number of carbonyl (C=O) groups is 1. The monoisotopic (exact) mass is 167 g/mol. The SMILES string of the molecule is [2H]C(Br)C(=O)CCO. The highest BCUT2D eigenvalue weighted by Gasteiger charge is 1.93. The standard InChI is InChI=1S/C4H7BrO2/c5-3-4(7)1-2-6/h6H,1-3H2/i3D. The number of aliphatic hydroxyl groups excluding tert-OH is 1. The number of hydrogen-bond donors (Lipinski definition) is 1. The van der Waals surface area contributed by atoms with Gasteiger partial charge < -0.3 is 5.11 Å². The van der Waals surface area contributed by atoms with E-state index in [1.165, 1.54) is 0 Å². The molecule has 0 radical (unpaired) electrons. The lowest BCUT2D eigenvalue weighted by molar-refractivity contribution is -0.117. The van der Waals surface area contributed by atoms with Gasteiger partial charge >= 0.3 is 0 Å². The molecule has 0 fully saturated rings. The van der Waals surface area contributed by atoms with Crippen LogP contribution in [0.25, 0.3) is 0 Å². The maximum atomic E-state index is 10.3. The minimum Gasteiger partial charge on any atom is -0.396 e. The number of halogens is 1. The lowest BCUT2D eigenvalue weighted by Crippen LogP contribution is -2.00. The van der Waals surface area contributed by atoms with Crippen LogP contribution in [0.3, 0.4) is 0 Å². The fraction of sp³-hybridized carbons (Fsp3) is 0.750. The summed E-state index contributed by atoms with van der Waals surface area (Å²) in [5.74, 6) is -0.285. The van der Waals surface area contributed by atoms with Crippen molar-refractivity contribution in [3.05, 3.63) is 0 Å². The topological polar surface area (TPSA) is 37.3 Å². The fourth-order valence-electron chi connectivity index (χ4n) is 0.165. The minimum atomic E-state index is -0.866. The van der Waals surface area contributed by atoms with Gasteiger partial charge in [0.25, 0.3) is 0 Å². The van der Waals surface area contributed by atoms with Crippen molar-refractivity contribution in [3.8, 4) is 0 Å². The van der Waals surface area contributed by atoms with Crippen LogP contribution < -0.4 is 0 Å². The molecule has 1 atom stereocenters. The van der Waals surface area contributed by atoms with Crippen molar-refractivity contribution in [2.45, 2.75) is 6.42 Å². The van der Waals surface area contributed by atoms with Gasteiger partial charge in [0.1, 0.15) is 5.78 Å². The molecular weight excluding hydrogens is 160 g/mol. The normalized spacial score (nSPS) is 15.4. The van der Waals surface area contributed by atoms with E-state index in [2.05, 4.69) is 15.9 Å². The third kappa shape index (κ3) is 3.95. The molecule has 0 aliphatic heterocycles. The Bertz CT molecular complexity index is 84.1. The van der Waals surface area contributed by atoms with Crippen molar-refractivity contribution in [3.63, 3.8) is 0 Å². The zero-order chi connectivity index (χ0) is 6.57. The van der Waals surface area contributed by atoms with Gasteiger partial charge in [0.15, 0.2) is 0 Å². The van der Waals surface area contributed by atoms with E-state index in [9.17, 15) is 4.79 Å². The Hall–Kier alpha value is 0.110. The van der Waals surface area contributed by atoms with Crippen molar-refractivity contribution >= 4 is 21.7 Å². The number of rotatable bonds is 3. The second-order valence-corrected chi connectivity index (χ2v) is 1.51. The molecule has 1 unspecified atom stereocenters. The Morgan fingerprint density at radius 2 is 2.57 bits per heavy atom. The Morgan fingerprint density at radius 1 is 2.00 bits per heavy atom. The van der Waals surface area contributed by atoms with Gasteiger partial charge in [-0.2, -0.15) is 0 Å². The van der Waals surface area contributed by atoms with Crippen molar-refractivity contribution in [2.75, 3.05) is 11.9 Å². The highest BCUT2D eigenvalue weighted by atomic mass is 79.9. The van der Waals surface area contributed by atoms with Gasteiger partial charge in [-0.25, -0.2) is 0 Å². The van der Waals surface area contributed by atoms with E-state index in [1.54, 1.807) is 0 Å². The molecule has 1 N–H and O–H groups in total. The van der Waals surface area contributed by atoms with Crippen LogP contribution in [-0.4, -0.2) is 22.8 Å². The molecular formula is C4H7BrO2. The lowest BCUT2D eigenvalue weighted by atomic mass is 10.3. The first-order valence-corrected chi connectivity index (χ1v) is 2.80. The Morgan fingerprint density at radius 3 is 2.71 bits per heavy atom. The third-order valence-corrected chi connectivity index (χ3v) is 0.991. The van der Waals surface area contributed by atoms with Gasteiger partial charge in [0.05, 0.1) is 5.31 Å². The number of hydrogen-bond acceptors (Lipinski definition) is 2. The molecule has 0 aromatic rings. The van der Waals surface area contributed by atoms with Crippen molar-refractivity contribution in [1.29, 1.82) is 0 Å². The maximum Gasteiger partial charge on any atom is 0.145 e. The quantitative estimate of drug-likeness (QED) is 0.616. The predicted octanol–water partition coefficient (Wildman–Crippen LogP) is 0.333. The van der Waals surface area contributed by atoms with E-state index in [0.717, 1.165) is 0 Å². The van der Waals surface area contributed by atoms with Crippen LogP contribution in [0.15, 0.2) is 0 Å². The van der Waals surface area contributed by atoms with Gasteiger partial charge in [-0.1, -0.05) is 15.9 Å². The average molecular weight is 168 g/mol. The molecule has 0 saturated carbocycles. The highest BCUT2D eigenvalue weighted by Crippen LogP contribution is 1.85. The molecule has 2 nitrogen and oxygen atoms in total. The van der Waals surface area contributed by atoms with Crippen LogP contribution >= 0.6 is 15.9 Å². The Labute approximate surface area is 52.1 Å². The Kier molecular flexibility index (Phi) is 3.21. The number of alkyl halides is 1. The van der Waals surface area contributed by atoms with E-state index in [-0.39, 0.29) is 18.8 Å². The zero-order valence-electron chi connectivity index (χ0n) is 4.72. The van der Waals surface area contributed by atoms with Gasteiger partial charge in [0, 0.05) is 14.4 Å². The lowest BCUT2D eigenvalue weighted by Gasteiger charge is -1.85. The van der Waals surface area contributed by atoms with Crippen LogP contribution in [0, 0.1) is 0 Å². The summed E-state index contributed by atoms with van der Waals surface area (Å²) in [5, 5.41) is 7.29. The number of ketones is 1. The molecule has 0 aromatic carbocycles. The van der Waals surface area contributed by atoms with Crippen molar-refractivity contribution in [2.24, 2.45) is 0 Å². The predicted molar refractivity (Wildman–Crippen MR) is 30.5 cm³/mol. The van der Waals surface area contributed by atoms with E-state index in [1.807, 2.05) is 0 Å². The van der Waals surface area contributed by atoms with Crippen molar-refractivity contribution in [1.82, 2.24) is 0 Å². The molecule has 7 heavy (non-hydrogen) atoms. The van der Waals surface area contributed by atoms with Crippen LogP contribution in [0.5, 0.6) is 0 Å². The summed E-state index contributed by atoms with van der Waals surface area (Å²) in [5.41, 5.74) is 0. The van der Waals surface area contributed by atoms with E-state index < -0.39 is 5.31 Å². The van der Waals surface area contributed by atoms with E-state index >= 15 is 0 Å². The van der Waals surface area contributed by atoms with Crippen LogP contribution in [0.2, 0.25) is 0 Å². The van der Waals surface area contributed by atoms with E-state index in [4.69, 9.17) is 6.48 Å². The Balaban J connectivity index is 3.33. The molecule has 0 spiro atoms. The number of aliphatic hydroxyl groups is 1. The first-order chi connectivity index (χ1) is 3.68. The summed E-state index contributed by atoms with van der Waals surface area (Å²) >= 11 is 2.75. The molecule has 0 aliphatic carbocycles. The second-order valence-electron chi connectivity index (χ2n) is 1.05. The molecule has 0 rings (SSSR count). The summed E-state index contributed by atoms with van der Waals surface area (Å²) in [6, 6.07) is 0. The van der Waals surface area contributed by atoms with Crippen LogP contribution in [-0.2, 0) is 4.79 Å². The fourth-order valence-corrected chi connectivity index (χ4v) is 0.394. The molecule has 0 amide bonds. The van der Waals surface area contributed by atoms with Crippen LogP contribution in [0.4, 0.5) is 0 Å². The molecule has 0 bridgehead atoms. The van der Waals surface area contributed by atoms with Gasteiger partial charge in [-0.05, 0) is 0 Å².